The van der Waals surface area contributed by atoms with Crippen molar-refractivity contribution in [3.8, 4) is 5.82 Å². The summed E-state index contributed by atoms with van der Waals surface area (Å²) in [4.78, 5) is 30.6. The van der Waals surface area contributed by atoms with Gasteiger partial charge in [-0.1, -0.05) is 18.2 Å². The minimum absolute atomic E-state index is 0.124. The molecule has 3 amide bonds. The monoisotopic (exact) mass is 404 g/mol. The fourth-order valence-electron chi connectivity index (χ4n) is 3.60. The van der Waals surface area contributed by atoms with Gasteiger partial charge in [0, 0.05) is 23.1 Å². The van der Waals surface area contributed by atoms with Crippen LogP contribution in [0.25, 0.3) is 11.9 Å². The third-order valence-corrected chi connectivity index (χ3v) is 5.15. The zero-order chi connectivity index (χ0) is 21.4. The lowest BCUT2D eigenvalue weighted by Gasteiger charge is -2.12. The zero-order valence-corrected chi connectivity index (χ0v) is 16.9. The normalized spacial score (nSPS) is 15.2. The van der Waals surface area contributed by atoms with Crippen molar-refractivity contribution in [2.75, 3.05) is 0 Å². The Bertz CT molecular complexity index is 1200. The van der Waals surface area contributed by atoms with E-state index < -0.39 is 17.8 Å². The average molecular weight is 404 g/mol. The van der Waals surface area contributed by atoms with E-state index in [-0.39, 0.29) is 17.8 Å². The highest BCUT2D eigenvalue weighted by molar-refractivity contribution is 6.14. The van der Waals surface area contributed by atoms with Crippen molar-refractivity contribution >= 4 is 18.0 Å². The fourth-order valence-corrected chi connectivity index (χ4v) is 3.60. The van der Waals surface area contributed by atoms with E-state index in [1.54, 1.807) is 30.5 Å². The van der Waals surface area contributed by atoms with Gasteiger partial charge in [0.1, 0.15) is 17.3 Å². The van der Waals surface area contributed by atoms with E-state index in [0.717, 1.165) is 33.2 Å². The fraction of sp³-hybridized carbons (Fsp3) is 0.174. The Labute approximate surface area is 173 Å². The molecule has 3 aromatic rings. The Morgan fingerprint density at radius 2 is 1.87 bits per heavy atom. The van der Waals surface area contributed by atoms with Crippen LogP contribution >= 0.6 is 0 Å². The Morgan fingerprint density at radius 1 is 1.10 bits per heavy atom. The topological polar surface area (TPSA) is 67.2 Å². The van der Waals surface area contributed by atoms with E-state index in [0.29, 0.717) is 0 Å². The molecule has 0 radical (unpaired) electrons. The minimum atomic E-state index is -0.566. The van der Waals surface area contributed by atoms with E-state index in [1.165, 1.54) is 6.07 Å². The van der Waals surface area contributed by atoms with Crippen LogP contribution in [-0.2, 0) is 11.3 Å². The van der Waals surface area contributed by atoms with Gasteiger partial charge in [-0.05, 0) is 62.2 Å². The highest BCUT2D eigenvalue weighted by Gasteiger charge is 2.34. The predicted molar refractivity (Wildman–Crippen MR) is 111 cm³/mol. The van der Waals surface area contributed by atoms with Gasteiger partial charge in [0.2, 0.25) is 0 Å². The average Bonchev–Trinajstić information content (AvgIpc) is 3.13. The van der Waals surface area contributed by atoms with Gasteiger partial charge in [0.05, 0.1) is 6.54 Å². The number of carbonyl (C=O) groups is 2. The van der Waals surface area contributed by atoms with Crippen LogP contribution in [-0.4, -0.2) is 26.4 Å². The molecule has 1 aromatic carbocycles. The van der Waals surface area contributed by atoms with Gasteiger partial charge in [-0.2, -0.15) is 0 Å². The number of nitrogens with one attached hydrogen (secondary N) is 1. The van der Waals surface area contributed by atoms with Gasteiger partial charge in [-0.15, -0.1) is 0 Å². The van der Waals surface area contributed by atoms with Crippen molar-refractivity contribution in [2.45, 2.75) is 27.3 Å². The van der Waals surface area contributed by atoms with Gasteiger partial charge >= 0.3 is 6.03 Å². The lowest BCUT2D eigenvalue weighted by molar-refractivity contribution is -0.123. The number of urea groups is 1. The molecule has 0 aliphatic carbocycles. The number of aromatic nitrogens is 2. The molecule has 1 N–H and O–H groups in total. The number of nitrogens with zero attached hydrogens (tertiary/aromatic N) is 3. The van der Waals surface area contributed by atoms with Crippen molar-refractivity contribution in [2.24, 2.45) is 0 Å². The van der Waals surface area contributed by atoms with Crippen LogP contribution in [0.4, 0.5) is 9.18 Å². The summed E-state index contributed by atoms with van der Waals surface area (Å²) in [6, 6.07) is 11.4. The number of hydrogen-bond donors (Lipinski definition) is 1. The lowest BCUT2D eigenvalue weighted by Crippen LogP contribution is -2.30. The molecule has 0 spiro atoms. The van der Waals surface area contributed by atoms with E-state index in [4.69, 9.17) is 0 Å². The summed E-state index contributed by atoms with van der Waals surface area (Å²) in [6.45, 7) is 5.76. The van der Waals surface area contributed by atoms with Gasteiger partial charge in [0.15, 0.2) is 0 Å². The van der Waals surface area contributed by atoms with Crippen LogP contribution in [0.1, 0.15) is 28.1 Å². The van der Waals surface area contributed by atoms with Crippen LogP contribution in [0.3, 0.4) is 0 Å². The van der Waals surface area contributed by atoms with Crippen molar-refractivity contribution in [3.63, 3.8) is 0 Å². The standard InChI is InChI=1S/C23H21FN4O2/c1-14-8-9-25-21(10-14)28-15(2)11-18(16(28)3)12-20-22(29)27(23(30)26-20)13-17-6-4-5-7-19(17)24/h4-12H,13H2,1-3H3,(H,26,30)/b20-12+. The number of imide groups is 1. The number of benzene rings is 1. The van der Waals surface area contributed by atoms with Crippen LogP contribution in [0, 0.1) is 26.6 Å². The lowest BCUT2D eigenvalue weighted by atomic mass is 10.2. The van der Waals surface area contributed by atoms with Crippen molar-refractivity contribution in [1.29, 1.82) is 0 Å². The summed E-state index contributed by atoms with van der Waals surface area (Å²) in [5, 5.41) is 2.60. The summed E-state index contributed by atoms with van der Waals surface area (Å²) in [6.07, 6.45) is 3.40. The molecule has 30 heavy (non-hydrogen) atoms. The second-order valence-electron chi connectivity index (χ2n) is 7.32. The van der Waals surface area contributed by atoms with Crippen LogP contribution in [0.5, 0.6) is 0 Å². The van der Waals surface area contributed by atoms with Crippen LogP contribution in [0.15, 0.2) is 54.4 Å². The maximum atomic E-state index is 13.9. The number of carbonyl (C=O) groups excluding carboxylic acids is 2. The highest BCUT2D eigenvalue weighted by Crippen LogP contribution is 2.24. The Morgan fingerprint density at radius 3 is 2.60 bits per heavy atom. The maximum absolute atomic E-state index is 13.9. The number of aryl methyl sites for hydroxylation is 2. The van der Waals surface area contributed by atoms with E-state index in [2.05, 4.69) is 10.3 Å². The molecule has 1 aliphatic heterocycles. The number of halogens is 1. The van der Waals surface area contributed by atoms with E-state index in [1.807, 2.05) is 43.5 Å². The first-order chi connectivity index (χ1) is 14.3. The number of hydrogen-bond acceptors (Lipinski definition) is 3. The molecule has 4 rings (SSSR count). The molecule has 2 aromatic heterocycles. The second kappa shape index (κ2) is 7.59. The van der Waals surface area contributed by atoms with Gasteiger partial charge < -0.3 is 9.88 Å². The summed E-state index contributed by atoms with van der Waals surface area (Å²) >= 11 is 0. The van der Waals surface area contributed by atoms with E-state index in [9.17, 15) is 14.0 Å². The molecular weight excluding hydrogens is 383 g/mol. The first-order valence-corrected chi connectivity index (χ1v) is 9.55. The van der Waals surface area contributed by atoms with Crippen LogP contribution < -0.4 is 5.32 Å². The summed E-state index contributed by atoms with van der Waals surface area (Å²) in [5.74, 6) is -0.149. The number of pyridine rings is 1. The molecule has 1 fully saturated rings. The van der Waals surface area contributed by atoms with Crippen LogP contribution in [0.2, 0.25) is 0 Å². The molecule has 0 bridgehead atoms. The third-order valence-electron chi connectivity index (χ3n) is 5.15. The first-order valence-electron chi connectivity index (χ1n) is 9.55. The molecule has 0 unspecified atom stereocenters. The number of amides is 3. The van der Waals surface area contributed by atoms with Gasteiger partial charge in [-0.25, -0.2) is 14.2 Å². The molecule has 7 heteroatoms. The zero-order valence-electron chi connectivity index (χ0n) is 16.9. The minimum Gasteiger partial charge on any atom is -0.303 e. The molecule has 0 atom stereocenters. The summed E-state index contributed by atoms with van der Waals surface area (Å²) < 4.78 is 15.9. The Hall–Kier alpha value is -3.74. The predicted octanol–water partition coefficient (Wildman–Crippen LogP) is 4.03. The molecular formula is C23H21FN4O2. The van der Waals surface area contributed by atoms with Crippen molar-refractivity contribution in [3.05, 3.63) is 88.3 Å². The molecule has 1 aliphatic rings. The Balaban J connectivity index is 1.64. The summed E-state index contributed by atoms with van der Waals surface area (Å²) in [7, 11) is 0. The van der Waals surface area contributed by atoms with Crippen molar-refractivity contribution < 1.29 is 14.0 Å². The molecule has 0 saturated carbocycles. The molecule has 3 heterocycles. The molecule has 6 nitrogen and oxygen atoms in total. The van der Waals surface area contributed by atoms with Gasteiger partial charge in [0.25, 0.3) is 5.91 Å². The summed E-state index contributed by atoms with van der Waals surface area (Å²) in [5.41, 5.74) is 4.19. The third kappa shape index (κ3) is 3.50. The molecule has 1 saturated heterocycles. The largest absolute Gasteiger partial charge is 0.329 e. The highest BCUT2D eigenvalue weighted by atomic mass is 19.1. The Kier molecular flexibility index (Phi) is 4.95. The smallest absolute Gasteiger partial charge is 0.303 e. The number of rotatable bonds is 4. The second-order valence-corrected chi connectivity index (χ2v) is 7.32. The molecule has 152 valence electrons. The quantitative estimate of drug-likeness (QED) is 0.527. The van der Waals surface area contributed by atoms with Crippen molar-refractivity contribution in [1.82, 2.24) is 19.8 Å². The SMILES string of the molecule is Cc1ccnc(-n2c(C)cc(/C=C3/NC(=O)N(Cc4ccccc4F)C3=O)c2C)c1. The maximum Gasteiger partial charge on any atom is 0.329 e. The first kappa shape index (κ1) is 19.6. The van der Waals surface area contributed by atoms with E-state index >= 15 is 0 Å². The van der Waals surface area contributed by atoms with Gasteiger partial charge in [-0.3, -0.25) is 9.69 Å².